The molecule has 0 radical (unpaired) electrons. The van der Waals surface area contributed by atoms with Crippen LogP contribution in [-0.2, 0) is 4.79 Å². The van der Waals surface area contributed by atoms with E-state index in [2.05, 4.69) is 5.32 Å². The first-order valence-corrected chi connectivity index (χ1v) is 10.2. The number of anilines is 1. The van der Waals surface area contributed by atoms with Crippen LogP contribution in [-0.4, -0.2) is 11.7 Å². The lowest BCUT2D eigenvalue weighted by Gasteiger charge is -2.07. The molecule has 0 atom stereocenters. The maximum atomic E-state index is 12.4. The maximum absolute atomic E-state index is 12.4. The van der Waals surface area contributed by atoms with Gasteiger partial charge < -0.3 is 10.1 Å². The molecule has 156 valence electrons. The van der Waals surface area contributed by atoms with Crippen molar-refractivity contribution < 1.29 is 18.3 Å². The maximum Gasteiger partial charge on any atom is 0.288 e. The highest BCUT2D eigenvalue weighted by Crippen LogP contribution is 2.27. The molecule has 0 aliphatic heterocycles. The minimum Gasteiger partial charge on any atom is -0.457 e. The fraction of sp³-hybridized carbons (Fsp3) is 0.0435. The number of hydrogen-bond donors (Lipinski definition) is 1. The Morgan fingerprint density at radius 1 is 1.06 bits per heavy atom. The molecule has 8 heteroatoms. The largest absolute Gasteiger partial charge is 0.457 e. The van der Waals surface area contributed by atoms with Gasteiger partial charge in [0.05, 0.1) is 0 Å². The summed E-state index contributed by atoms with van der Waals surface area (Å²) in [5.41, 5.74) is 0.876. The molecule has 1 amide bonds. The topological polar surface area (TPSA) is 62.1 Å². The molecule has 0 saturated carbocycles. The highest BCUT2D eigenvalue weighted by atomic mass is 35.5. The van der Waals surface area contributed by atoms with E-state index >= 15 is 0 Å². The number of halogens is 3. The Hall–Kier alpha value is -3.34. The van der Waals surface area contributed by atoms with Crippen molar-refractivity contribution in [3.63, 3.8) is 0 Å². The summed E-state index contributed by atoms with van der Waals surface area (Å²) in [6.07, 6.45) is 1.44. The van der Waals surface area contributed by atoms with Crippen molar-refractivity contribution in [2.75, 3.05) is 5.32 Å². The monoisotopic (exact) mass is 456 g/mol. The van der Waals surface area contributed by atoms with Crippen LogP contribution in [0, 0.1) is 11.3 Å². The van der Waals surface area contributed by atoms with Crippen LogP contribution in [0.3, 0.4) is 0 Å². The summed E-state index contributed by atoms with van der Waals surface area (Å²) in [5, 5.41) is 12.6. The number of nitrogens with one attached hydrogen (secondary N) is 1. The predicted octanol–water partition coefficient (Wildman–Crippen LogP) is 6.99. The first-order valence-electron chi connectivity index (χ1n) is 8.94. The van der Waals surface area contributed by atoms with Crippen LogP contribution in [0.15, 0.2) is 83.3 Å². The standard InChI is InChI=1S/C23H15ClF2N2O2S/c24-17-4-8-19(9-5-17)30-20-3-1-2-15(13-20)12-16(14-27)22(29)28-18-6-10-21(11-7-18)31-23(25)26/h1-13,23H,(H,28,29)/b16-12+. The molecule has 0 heterocycles. The van der Waals surface area contributed by atoms with E-state index in [-0.39, 0.29) is 5.57 Å². The van der Waals surface area contributed by atoms with Crippen LogP contribution < -0.4 is 10.1 Å². The molecule has 0 fully saturated rings. The van der Waals surface area contributed by atoms with Crippen molar-refractivity contribution in [2.45, 2.75) is 10.7 Å². The summed E-state index contributed by atoms with van der Waals surface area (Å²) in [5.74, 6) is -2.01. The van der Waals surface area contributed by atoms with Crippen molar-refractivity contribution in [1.29, 1.82) is 5.26 Å². The van der Waals surface area contributed by atoms with Gasteiger partial charge in [-0.05, 0) is 72.3 Å². The third-order valence-corrected chi connectivity index (χ3v) is 4.90. The minimum atomic E-state index is -2.52. The summed E-state index contributed by atoms with van der Waals surface area (Å²) in [6.45, 7) is 0. The highest BCUT2D eigenvalue weighted by molar-refractivity contribution is 7.99. The van der Waals surface area contributed by atoms with Crippen molar-refractivity contribution >= 4 is 41.0 Å². The molecule has 31 heavy (non-hydrogen) atoms. The van der Waals surface area contributed by atoms with Crippen LogP contribution in [0.25, 0.3) is 6.08 Å². The van der Waals surface area contributed by atoms with E-state index in [0.29, 0.717) is 44.4 Å². The summed E-state index contributed by atoms with van der Waals surface area (Å²) < 4.78 is 30.5. The molecule has 0 aromatic heterocycles. The van der Waals surface area contributed by atoms with Crippen LogP contribution in [0.4, 0.5) is 14.5 Å². The van der Waals surface area contributed by atoms with Crippen LogP contribution in [0.5, 0.6) is 11.5 Å². The number of rotatable bonds is 7. The SMILES string of the molecule is N#C/C(=C\c1cccc(Oc2ccc(Cl)cc2)c1)C(=O)Nc1ccc(SC(F)F)cc1. The first kappa shape index (κ1) is 22.3. The molecule has 0 saturated heterocycles. The summed E-state index contributed by atoms with van der Waals surface area (Å²) in [7, 11) is 0. The minimum absolute atomic E-state index is 0.116. The van der Waals surface area contributed by atoms with Gasteiger partial charge in [-0.2, -0.15) is 14.0 Å². The molecule has 3 aromatic rings. The second-order valence-electron chi connectivity index (χ2n) is 6.16. The van der Waals surface area contributed by atoms with Gasteiger partial charge in [0.15, 0.2) is 0 Å². The van der Waals surface area contributed by atoms with Gasteiger partial charge in [-0.15, -0.1) is 0 Å². The lowest BCUT2D eigenvalue weighted by Crippen LogP contribution is -2.13. The van der Waals surface area contributed by atoms with E-state index in [1.165, 1.54) is 30.3 Å². The number of carbonyl (C=O) groups excluding carboxylic acids is 1. The number of thioether (sulfide) groups is 1. The molecule has 1 N–H and O–H groups in total. The number of amides is 1. The Morgan fingerprint density at radius 3 is 2.42 bits per heavy atom. The molecule has 3 rings (SSSR count). The van der Waals surface area contributed by atoms with Crippen molar-refractivity contribution in [3.8, 4) is 17.6 Å². The number of carbonyl (C=O) groups is 1. The second kappa shape index (κ2) is 10.6. The van der Waals surface area contributed by atoms with Gasteiger partial charge in [0, 0.05) is 15.6 Å². The molecule has 3 aromatic carbocycles. The predicted molar refractivity (Wildman–Crippen MR) is 118 cm³/mol. The molecular weight excluding hydrogens is 442 g/mol. The van der Waals surface area contributed by atoms with Gasteiger partial charge in [-0.3, -0.25) is 4.79 Å². The van der Waals surface area contributed by atoms with Crippen molar-refractivity contribution in [3.05, 3.63) is 89.0 Å². The van der Waals surface area contributed by atoms with Gasteiger partial charge in [0.2, 0.25) is 0 Å². The first-order chi connectivity index (χ1) is 14.9. The number of hydrogen-bond acceptors (Lipinski definition) is 4. The molecule has 0 bridgehead atoms. The average molecular weight is 457 g/mol. The fourth-order valence-corrected chi connectivity index (χ4v) is 3.16. The smallest absolute Gasteiger partial charge is 0.288 e. The Labute approximate surface area is 187 Å². The summed E-state index contributed by atoms with van der Waals surface area (Å²) in [6, 6.07) is 21.6. The second-order valence-corrected chi connectivity index (χ2v) is 7.66. The van der Waals surface area contributed by atoms with E-state index in [4.69, 9.17) is 16.3 Å². The van der Waals surface area contributed by atoms with Gasteiger partial charge in [-0.25, -0.2) is 0 Å². The average Bonchev–Trinajstić information content (AvgIpc) is 2.75. The summed E-state index contributed by atoms with van der Waals surface area (Å²) >= 11 is 6.28. The number of nitrogens with zero attached hydrogens (tertiary/aromatic N) is 1. The Balaban J connectivity index is 1.71. The van der Waals surface area contributed by atoms with Gasteiger partial charge in [0.1, 0.15) is 23.1 Å². The number of ether oxygens (including phenoxy) is 1. The third-order valence-electron chi connectivity index (χ3n) is 3.92. The lowest BCUT2D eigenvalue weighted by molar-refractivity contribution is -0.112. The number of alkyl halides is 2. The van der Waals surface area contributed by atoms with Crippen LogP contribution >= 0.6 is 23.4 Å². The Morgan fingerprint density at radius 2 is 1.77 bits per heavy atom. The molecule has 4 nitrogen and oxygen atoms in total. The van der Waals surface area contributed by atoms with E-state index in [1.54, 1.807) is 48.5 Å². The molecule has 0 spiro atoms. The summed E-state index contributed by atoms with van der Waals surface area (Å²) in [4.78, 5) is 12.8. The van der Waals surface area contributed by atoms with Gasteiger partial charge >= 0.3 is 0 Å². The molecule has 0 unspecified atom stereocenters. The quantitative estimate of drug-likeness (QED) is 0.236. The zero-order valence-electron chi connectivity index (χ0n) is 15.9. The zero-order chi connectivity index (χ0) is 22.2. The highest BCUT2D eigenvalue weighted by Gasteiger charge is 2.11. The van der Waals surface area contributed by atoms with Crippen molar-refractivity contribution in [1.82, 2.24) is 0 Å². The lowest BCUT2D eigenvalue weighted by atomic mass is 10.1. The normalized spacial score (nSPS) is 11.1. The van der Waals surface area contributed by atoms with E-state index < -0.39 is 11.7 Å². The van der Waals surface area contributed by atoms with Gasteiger partial charge in [0.25, 0.3) is 11.7 Å². The zero-order valence-corrected chi connectivity index (χ0v) is 17.5. The van der Waals surface area contributed by atoms with Gasteiger partial charge in [-0.1, -0.05) is 35.5 Å². The Kier molecular flexibility index (Phi) is 7.65. The number of benzene rings is 3. The van der Waals surface area contributed by atoms with E-state index in [9.17, 15) is 18.8 Å². The van der Waals surface area contributed by atoms with Crippen molar-refractivity contribution in [2.24, 2.45) is 0 Å². The van der Waals surface area contributed by atoms with Crippen LogP contribution in [0.1, 0.15) is 5.56 Å². The van der Waals surface area contributed by atoms with Crippen LogP contribution in [0.2, 0.25) is 5.02 Å². The Bertz CT molecular complexity index is 1130. The third kappa shape index (κ3) is 6.85. The van der Waals surface area contributed by atoms with E-state index in [1.807, 2.05) is 6.07 Å². The molecule has 0 aliphatic carbocycles. The van der Waals surface area contributed by atoms with E-state index in [0.717, 1.165) is 0 Å². The molecule has 0 aliphatic rings. The fourth-order valence-electron chi connectivity index (χ4n) is 2.54. The molecular formula is C23H15ClF2N2O2S. The number of nitriles is 1.